The third-order valence-electron chi connectivity index (χ3n) is 3.46. The molecule has 2 heteroatoms. The van der Waals surface area contributed by atoms with Gasteiger partial charge in [0.2, 0.25) is 0 Å². The summed E-state index contributed by atoms with van der Waals surface area (Å²) >= 11 is 0. The highest BCUT2D eigenvalue weighted by Gasteiger charge is 2.04. The number of methoxy groups -OCH3 is 1. The molecule has 0 bridgehead atoms. The van der Waals surface area contributed by atoms with Crippen molar-refractivity contribution in [1.82, 2.24) is 0 Å². The predicted molar refractivity (Wildman–Crippen MR) is 86.1 cm³/mol. The van der Waals surface area contributed by atoms with Gasteiger partial charge in [0.25, 0.3) is 0 Å². The molecule has 0 saturated heterocycles. The van der Waals surface area contributed by atoms with Crippen LogP contribution in [0.4, 0.5) is 0 Å². The molecule has 0 unspecified atom stereocenters. The van der Waals surface area contributed by atoms with E-state index < -0.39 is 0 Å². The van der Waals surface area contributed by atoms with E-state index in [1.165, 1.54) is 23.8 Å². The molecule has 0 aliphatic carbocycles. The lowest BCUT2D eigenvalue weighted by molar-refractivity contribution is -0.139. The van der Waals surface area contributed by atoms with E-state index >= 15 is 0 Å². The maximum absolute atomic E-state index is 11.2. The Morgan fingerprint density at radius 3 is 1.81 bits per heavy atom. The number of esters is 1. The van der Waals surface area contributed by atoms with Crippen LogP contribution in [0.2, 0.25) is 0 Å². The third-order valence-corrected chi connectivity index (χ3v) is 3.46. The number of benzene rings is 2. The van der Waals surface area contributed by atoms with E-state index in [1.807, 2.05) is 12.1 Å². The number of ether oxygens (including phenoxy) is 1. The first-order valence-electron chi connectivity index (χ1n) is 7.33. The van der Waals surface area contributed by atoms with Crippen LogP contribution in [0.25, 0.3) is 11.1 Å². The summed E-state index contributed by atoms with van der Waals surface area (Å²) in [4.78, 5) is 11.2. The van der Waals surface area contributed by atoms with E-state index in [2.05, 4.69) is 55.0 Å². The van der Waals surface area contributed by atoms with Crippen LogP contribution in [0.5, 0.6) is 0 Å². The van der Waals surface area contributed by atoms with Crippen LogP contribution in [-0.4, -0.2) is 13.1 Å². The van der Waals surface area contributed by atoms with E-state index in [0.29, 0.717) is 12.3 Å². The van der Waals surface area contributed by atoms with Gasteiger partial charge in [-0.1, -0.05) is 62.4 Å². The first-order valence-corrected chi connectivity index (χ1v) is 7.33. The van der Waals surface area contributed by atoms with Gasteiger partial charge in [0, 0.05) is 0 Å². The zero-order valence-electron chi connectivity index (χ0n) is 12.9. The molecule has 0 atom stereocenters. The number of hydrogen-bond donors (Lipinski definition) is 0. The summed E-state index contributed by atoms with van der Waals surface area (Å²) in [7, 11) is 1.41. The van der Waals surface area contributed by atoms with E-state index in [0.717, 1.165) is 12.0 Å². The fourth-order valence-electron chi connectivity index (χ4n) is 2.36. The van der Waals surface area contributed by atoms with Crippen molar-refractivity contribution in [3.63, 3.8) is 0 Å². The van der Waals surface area contributed by atoms with Crippen LogP contribution in [-0.2, 0) is 22.4 Å². The van der Waals surface area contributed by atoms with E-state index in [1.54, 1.807) is 0 Å². The van der Waals surface area contributed by atoms with E-state index in [-0.39, 0.29) is 5.97 Å². The summed E-state index contributed by atoms with van der Waals surface area (Å²) in [5, 5.41) is 0. The number of rotatable bonds is 5. The molecule has 2 aromatic carbocycles. The van der Waals surface area contributed by atoms with Crippen LogP contribution in [0, 0.1) is 5.92 Å². The molecule has 0 N–H and O–H groups in total. The number of carbonyl (C=O) groups excluding carboxylic acids is 1. The highest BCUT2D eigenvalue weighted by molar-refractivity contribution is 5.73. The zero-order chi connectivity index (χ0) is 15.2. The first kappa shape index (κ1) is 15.3. The molecule has 0 spiro atoms. The molecule has 0 heterocycles. The van der Waals surface area contributed by atoms with Gasteiger partial charge in [0.1, 0.15) is 0 Å². The average Bonchev–Trinajstić information content (AvgIpc) is 2.48. The highest BCUT2D eigenvalue weighted by Crippen LogP contribution is 2.21. The normalized spacial score (nSPS) is 10.7. The first-order chi connectivity index (χ1) is 10.1. The minimum absolute atomic E-state index is 0.208. The summed E-state index contributed by atoms with van der Waals surface area (Å²) in [6.07, 6.45) is 1.43. The second kappa shape index (κ2) is 7.07. The molecule has 0 amide bonds. The summed E-state index contributed by atoms with van der Waals surface area (Å²) in [6.45, 7) is 4.46. The summed E-state index contributed by atoms with van der Waals surface area (Å²) in [6, 6.07) is 16.8. The van der Waals surface area contributed by atoms with Crippen LogP contribution in [0.3, 0.4) is 0 Å². The summed E-state index contributed by atoms with van der Waals surface area (Å²) in [5.41, 5.74) is 4.71. The molecule has 0 radical (unpaired) electrons. The Hall–Kier alpha value is -2.09. The fourth-order valence-corrected chi connectivity index (χ4v) is 2.36. The van der Waals surface area contributed by atoms with Crippen molar-refractivity contribution in [2.24, 2.45) is 5.92 Å². The molecule has 2 rings (SSSR count). The Balaban J connectivity index is 2.09. The molecular weight excluding hydrogens is 260 g/mol. The minimum Gasteiger partial charge on any atom is -0.469 e. The van der Waals surface area contributed by atoms with Gasteiger partial charge in [0.05, 0.1) is 13.5 Å². The Bertz CT molecular complexity index is 580. The molecule has 0 aliphatic heterocycles. The fraction of sp³-hybridized carbons (Fsp3) is 0.316. The second-order valence-corrected chi connectivity index (χ2v) is 5.74. The van der Waals surface area contributed by atoms with Gasteiger partial charge in [-0.15, -0.1) is 0 Å². The molecule has 2 aromatic rings. The van der Waals surface area contributed by atoms with Gasteiger partial charge in [-0.3, -0.25) is 4.79 Å². The Morgan fingerprint density at radius 1 is 0.905 bits per heavy atom. The van der Waals surface area contributed by atoms with Crippen LogP contribution in [0.1, 0.15) is 25.0 Å². The Morgan fingerprint density at radius 2 is 1.38 bits per heavy atom. The molecular formula is C19H22O2. The minimum atomic E-state index is -0.208. The smallest absolute Gasteiger partial charge is 0.309 e. The largest absolute Gasteiger partial charge is 0.469 e. The highest BCUT2D eigenvalue weighted by atomic mass is 16.5. The van der Waals surface area contributed by atoms with Crippen LogP contribution >= 0.6 is 0 Å². The van der Waals surface area contributed by atoms with Gasteiger partial charge in [-0.05, 0) is 34.6 Å². The topological polar surface area (TPSA) is 26.3 Å². The van der Waals surface area contributed by atoms with Gasteiger partial charge in [-0.2, -0.15) is 0 Å². The SMILES string of the molecule is COC(=O)Cc1ccc(-c2ccc(CC(C)C)cc2)cc1. The van der Waals surface area contributed by atoms with E-state index in [9.17, 15) is 4.79 Å². The van der Waals surface area contributed by atoms with Gasteiger partial charge in [0.15, 0.2) is 0 Å². The van der Waals surface area contributed by atoms with Gasteiger partial charge < -0.3 is 4.74 Å². The van der Waals surface area contributed by atoms with Crippen molar-refractivity contribution < 1.29 is 9.53 Å². The van der Waals surface area contributed by atoms with Crippen molar-refractivity contribution in [3.8, 4) is 11.1 Å². The van der Waals surface area contributed by atoms with Crippen molar-refractivity contribution in [2.75, 3.05) is 7.11 Å². The van der Waals surface area contributed by atoms with Crippen molar-refractivity contribution in [1.29, 1.82) is 0 Å². The third kappa shape index (κ3) is 4.45. The monoisotopic (exact) mass is 282 g/mol. The lowest BCUT2D eigenvalue weighted by atomic mass is 9.98. The molecule has 2 nitrogen and oxygen atoms in total. The lowest BCUT2D eigenvalue weighted by Crippen LogP contribution is -2.04. The van der Waals surface area contributed by atoms with E-state index in [4.69, 9.17) is 0 Å². The van der Waals surface area contributed by atoms with Crippen molar-refractivity contribution in [3.05, 3.63) is 59.7 Å². The Labute approximate surface area is 126 Å². The summed E-state index contributed by atoms with van der Waals surface area (Å²) in [5.74, 6) is 0.467. The van der Waals surface area contributed by atoms with Gasteiger partial charge >= 0.3 is 5.97 Å². The predicted octanol–water partition coefficient (Wildman–Crippen LogP) is 4.27. The van der Waals surface area contributed by atoms with Crippen LogP contribution < -0.4 is 0 Å². The maximum atomic E-state index is 11.2. The van der Waals surface area contributed by atoms with Gasteiger partial charge in [-0.25, -0.2) is 0 Å². The standard InChI is InChI=1S/C19H22O2/c1-14(2)12-15-4-8-17(9-5-15)18-10-6-16(7-11-18)13-19(20)21-3/h4-11,14H,12-13H2,1-3H3. The Kier molecular flexibility index (Phi) is 5.15. The van der Waals surface area contributed by atoms with Crippen molar-refractivity contribution >= 4 is 5.97 Å². The molecule has 110 valence electrons. The maximum Gasteiger partial charge on any atom is 0.309 e. The lowest BCUT2D eigenvalue weighted by Gasteiger charge is -2.07. The molecule has 0 fully saturated rings. The molecule has 0 aromatic heterocycles. The quantitative estimate of drug-likeness (QED) is 0.766. The summed E-state index contributed by atoms with van der Waals surface area (Å²) < 4.78 is 4.67. The van der Waals surface area contributed by atoms with Crippen LogP contribution in [0.15, 0.2) is 48.5 Å². The second-order valence-electron chi connectivity index (χ2n) is 5.74. The molecule has 21 heavy (non-hydrogen) atoms. The zero-order valence-corrected chi connectivity index (χ0v) is 12.9. The van der Waals surface area contributed by atoms with Crippen molar-refractivity contribution in [2.45, 2.75) is 26.7 Å². The molecule has 0 aliphatic rings. The number of hydrogen-bond acceptors (Lipinski definition) is 2. The molecule has 0 saturated carbocycles. The average molecular weight is 282 g/mol. The number of carbonyl (C=O) groups is 1.